The molecule has 0 bridgehead atoms. The Hall–Kier alpha value is -2.35. The molecule has 4 rings (SSSR count). The van der Waals surface area contributed by atoms with E-state index in [2.05, 4.69) is 53.9 Å². The predicted molar refractivity (Wildman–Crippen MR) is 84.4 cm³/mol. The van der Waals surface area contributed by atoms with Crippen molar-refractivity contribution in [3.8, 4) is 0 Å². The van der Waals surface area contributed by atoms with Gasteiger partial charge in [-0.1, -0.05) is 48.5 Å². The number of hydrogen-bond donors (Lipinski definition) is 1. The Bertz CT molecular complexity index is 745. The van der Waals surface area contributed by atoms with Gasteiger partial charge in [0.15, 0.2) is 5.78 Å². The summed E-state index contributed by atoms with van der Waals surface area (Å²) in [6.45, 7) is 0. The van der Waals surface area contributed by atoms with Crippen LogP contribution in [-0.2, 0) is 11.2 Å². The summed E-state index contributed by atoms with van der Waals surface area (Å²) in [6.07, 6.45) is 4.54. The van der Waals surface area contributed by atoms with E-state index in [0.29, 0.717) is 6.42 Å². The number of para-hydroxylation sites is 1. The Balaban J connectivity index is 1.88. The molecular weight excluding hydrogens is 258 g/mol. The van der Waals surface area contributed by atoms with E-state index in [1.54, 1.807) is 0 Å². The highest BCUT2D eigenvalue weighted by Crippen LogP contribution is 2.37. The third-order valence-corrected chi connectivity index (χ3v) is 4.43. The summed E-state index contributed by atoms with van der Waals surface area (Å²) in [5.41, 5.74) is 5.90. The molecule has 1 heterocycles. The number of anilines is 1. The third kappa shape index (κ3) is 2.07. The molecule has 1 atom stereocenters. The second-order valence-corrected chi connectivity index (χ2v) is 5.73. The zero-order valence-corrected chi connectivity index (χ0v) is 11.8. The van der Waals surface area contributed by atoms with Crippen LogP contribution in [0, 0.1) is 0 Å². The molecule has 0 spiro atoms. The predicted octanol–water partition coefficient (Wildman–Crippen LogP) is 4.03. The fraction of sp³-hybridized carbons (Fsp3) is 0.211. The van der Waals surface area contributed by atoms with Crippen molar-refractivity contribution < 1.29 is 4.79 Å². The molecule has 1 N–H and O–H groups in total. The molecule has 2 nitrogen and oxygen atoms in total. The van der Waals surface area contributed by atoms with Crippen LogP contribution in [0.1, 0.15) is 35.6 Å². The van der Waals surface area contributed by atoms with Crippen molar-refractivity contribution in [2.45, 2.75) is 25.3 Å². The largest absolute Gasteiger partial charge is 0.374 e. The number of allylic oxidation sites excluding steroid dienone is 1. The minimum atomic E-state index is -0.0140. The van der Waals surface area contributed by atoms with Crippen molar-refractivity contribution in [3.63, 3.8) is 0 Å². The summed E-state index contributed by atoms with van der Waals surface area (Å²) < 4.78 is 0. The molecule has 2 aromatic carbocycles. The Morgan fingerprint density at radius 2 is 1.71 bits per heavy atom. The van der Waals surface area contributed by atoms with Gasteiger partial charge >= 0.3 is 0 Å². The fourth-order valence-electron chi connectivity index (χ4n) is 3.37. The summed E-state index contributed by atoms with van der Waals surface area (Å²) >= 11 is 0. The SMILES string of the molecule is O=C1CCC=C1[C@@H]1Nc2ccccc2Cc2ccccc21. The maximum absolute atomic E-state index is 12.2. The number of benzene rings is 2. The third-order valence-electron chi connectivity index (χ3n) is 4.43. The number of nitrogens with one attached hydrogen (secondary N) is 1. The van der Waals surface area contributed by atoms with E-state index in [9.17, 15) is 4.79 Å². The van der Waals surface area contributed by atoms with Gasteiger partial charge in [-0.3, -0.25) is 4.79 Å². The minimum absolute atomic E-state index is 0.0140. The van der Waals surface area contributed by atoms with E-state index in [-0.39, 0.29) is 11.8 Å². The van der Waals surface area contributed by atoms with Gasteiger partial charge in [0, 0.05) is 17.7 Å². The number of ketones is 1. The van der Waals surface area contributed by atoms with Gasteiger partial charge in [-0.2, -0.15) is 0 Å². The molecule has 1 aliphatic heterocycles. The molecule has 2 heteroatoms. The van der Waals surface area contributed by atoms with Crippen LogP contribution in [-0.4, -0.2) is 5.78 Å². The standard InChI is InChI=1S/C19H17NO/c21-18-11-5-9-16(18)19-15-8-3-1-6-13(15)12-14-7-2-4-10-17(14)20-19/h1-4,6-10,19-20H,5,11-12H2/t19-/m1/s1. The van der Waals surface area contributed by atoms with Crippen LogP contribution in [0.4, 0.5) is 5.69 Å². The zero-order valence-electron chi connectivity index (χ0n) is 11.8. The van der Waals surface area contributed by atoms with Crippen LogP contribution in [0.2, 0.25) is 0 Å². The van der Waals surface area contributed by atoms with Crippen molar-refractivity contribution in [1.82, 2.24) is 0 Å². The van der Waals surface area contributed by atoms with E-state index < -0.39 is 0 Å². The second-order valence-electron chi connectivity index (χ2n) is 5.73. The summed E-state index contributed by atoms with van der Waals surface area (Å²) in [6, 6.07) is 16.8. The van der Waals surface area contributed by atoms with Crippen molar-refractivity contribution in [2.75, 3.05) is 5.32 Å². The van der Waals surface area contributed by atoms with Crippen LogP contribution in [0.3, 0.4) is 0 Å². The first-order valence-electron chi connectivity index (χ1n) is 7.48. The summed E-state index contributed by atoms with van der Waals surface area (Å²) in [5, 5.41) is 3.60. The molecular formula is C19H17NO. The van der Waals surface area contributed by atoms with Crippen molar-refractivity contribution in [1.29, 1.82) is 0 Å². The van der Waals surface area contributed by atoms with Crippen LogP contribution in [0.25, 0.3) is 0 Å². The molecule has 0 aromatic heterocycles. The van der Waals surface area contributed by atoms with Crippen molar-refractivity contribution >= 4 is 11.5 Å². The molecule has 104 valence electrons. The number of fused-ring (bicyclic) bond motifs is 2. The van der Waals surface area contributed by atoms with E-state index in [0.717, 1.165) is 24.1 Å². The molecule has 0 radical (unpaired) electrons. The highest BCUT2D eigenvalue weighted by Gasteiger charge is 2.29. The van der Waals surface area contributed by atoms with E-state index >= 15 is 0 Å². The van der Waals surface area contributed by atoms with Crippen LogP contribution < -0.4 is 5.32 Å². The molecule has 0 amide bonds. The van der Waals surface area contributed by atoms with Gasteiger partial charge in [0.05, 0.1) is 6.04 Å². The minimum Gasteiger partial charge on any atom is -0.374 e. The number of rotatable bonds is 1. The Morgan fingerprint density at radius 3 is 2.52 bits per heavy atom. The molecule has 2 aliphatic rings. The lowest BCUT2D eigenvalue weighted by molar-refractivity contribution is -0.115. The lowest BCUT2D eigenvalue weighted by Crippen LogP contribution is -2.17. The quantitative estimate of drug-likeness (QED) is 0.851. The zero-order chi connectivity index (χ0) is 14.2. The number of Topliss-reactive ketones (excluding diaryl/α,β-unsaturated/α-hetero) is 1. The second kappa shape index (κ2) is 4.88. The average molecular weight is 275 g/mol. The van der Waals surface area contributed by atoms with Crippen LogP contribution in [0.15, 0.2) is 60.2 Å². The smallest absolute Gasteiger partial charge is 0.161 e. The summed E-state index contributed by atoms with van der Waals surface area (Å²) in [5.74, 6) is 0.279. The van der Waals surface area contributed by atoms with Crippen LogP contribution in [0.5, 0.6) is 0 Å². The Morgan fingerprint density at radius 1 is 0.952 bits per heavy atom. The fourth-order valence-corrected chi connectivity index (χ4v) is 3.37. The molecule has 0 saturated carbocycles. The Kier molecular flexibility index (Phi) is 2.88. The average Bonchev–Trinajstić information content (AvgIpc) is 2.85. The normalized spacial score (nSPS) is 20.1. The van der Waals surface area contributed by atoms with Gasteiger partial charge in [0.25, 0.3) is 0 Å². The van der Waals surface area contributed by atoms with Gasteiger partial charge in [0.2, 0.25) is 0 Å². The molecule has 1 aliphatic carbocycles. The Labute approximate surface area is 124 Å². The van der Waals surface area contributed by atoms with Gasteiger partial charge in [-0.25, -0.2) is 0 Å². The number of carbonyl (C=O) groups is 1. The highest BCUT2D eigenvalue weighted by molar-refractivity contribution is 5.99. The van der Waals surface area contributed by atoms with Crippen molar-refractivity contribution in [3.05, 3.63) is 76.9 Å². The molecule has 0 unspecified atom stereocenters. The summed E-state index contributed by atoms with van der Waals surface area (Å²) in [7, 11) is 0. The molecule has 0 fully saturated rings. The maximum atomic E-state index is 12.2. The number of carbonyl (C=O) groups excluding carboxylic acids is 1. The first kappa shape index (κ1) is 12.4. The molecule has 0 saturated heterocycles. The molecule has 2 aromatic rings. The number of hydrogen-bond acceptors (Lipinski definition) is 2. The first-order valence-corrected chi connectivity index (χ1v) is 7.48. The van der Waals surface area contributed by atoms with Crippen molar-refractivity contribution in [2.24, 2.45) is 0 Å². The van der Waals surface area contributed by atoms with Gasteiger partial charge < -0.3 is 5.32 Å². The monoisotopic (exact) mass is 275 g/mol. The first-order chi connectivity index (χ1) is 10.3. The highest BCUT2D eigenvalue weighted by atomic mass is 16.1. The van der Waals surface area contributed by atoms with E-state index in [4.69, 9.17) is 0 Å². The summed E-state index contributed by atoms with van der Waals surface area (Å²) in [4.78, 5) is 12.2. The topological polar surface area (TPSA) is 29.1 Å². The van der Waals surface area contributed by atoms with Gasteiger partial charge in [0.1, 0.15) is 0 Å². The lowest BCUT2D eigenvalue weighted by atomic mass is 9.92. The molecule has 21 heavy (non-hydrogen) atoms. The lowest BCUT2D eigenvalue weighted by Gasteiger charge is -2.21. The van der Waals surface area contributed by atoms with Gasteiger partial charge in [-0.05, 0) is 35.6 Å². The van der Waals surface area contributed by atoms with E-state index in [1.807, 2.05) is 6.07 Å². The maximum Gasteiger partial charge on any atom is 0.161 e. The van der Waals surface area contributed by atoms with Gasteiger partial charge in [-0.15, -0.1) is 0 Å². The van der Waals surface area contributed by atoms with E-state index in [1.165, 1.54) is 16.7 Å². The van der Waals surface area contributed by atoms with Crippen LogP contribution >= 0.6 is 0 Å².